The zero-order valence-electron chi connectivity index (χ0n) is 21.7. The lowest BCUT2D eigenvalue weighted by atomic mass is 9.73. The van der Waals surface area contributed by atoms with E-state index in [4.69, 9.17) is 9.47 Å². The minimum Gasteiger partial charge on any atom is -0.463 e. The molecule has 2 aromatic carbocycles. The lowest BCUT2D eigenvalue weighted by Crippen LogP contribution is -2.60. The van der Waals surface area contributed by atoms with E-state index in [0.717, 1.165) is 23.4 Å². The minimum atomic E-state index is -0.698. The summed E-state index contributed by atoms with van der Waals surface area (Å²) in [6, 6.07) is 16.6. The topological polar surface area (TPSA) is 38.8 Å². The van der Waals surface area contributed by atoms with Crippen LogP contribution >= 0.6 is 0 Å². The first kappa shape index (κ1) is 24.4. The monoisotopic (exact) mass is 461 g/mol. The number of hydrogen-bond donors (Lipinski definition) is 0. The molecule has 2 aliphatic rings. The summed E-state index contributed by atoms with van der Waals surface area (Å²) >= 11 is 0. The van der Waals surface area contributed by atoms with Crippen molar-refractivity contribution in [2.75, 3.05) is 18.1 Å². The summed E-state index contributed by atoms with van der Waals surface area (Å²) in [5.74, 6) is 1.40. The molecule has 0 aromatic heterocycles. The van der Waals surface area contributed by atoms with Gasteiger partial charge in [0.2, 0.25) is 5.72 Å². The highest BCUT2D eigenvalue weighted by Crippen LogP contribution is 2.54. The van der Waals surface area contributed by atoms with E-state index in [1.54, 1.807) is 0 Å². The van der Waals surface area contributed by atoms with E-state index in [0.29, 0.717) is 19.1 Å². The van der Waals surface area contributed by atoms with Crippen molar-refractivity contribution in [3.05, 3.63) is 65.7 Å². The molecule has 1 unspecified atom stereocenters. The number of carbonyl (C=O) groups is 1. The maximum atomic E-state index is 13.2. The maximum absolute atomic E-state index is 13.2. The smallest absolute Gasteiger partial charge is 0.312 e. The normalized spacial score (nSPS) is 21.9. The van der Waals surface area contributed by atoms with Crippen LogP contribution in [0.4, 0.5) is 5.69 Å². The van der Waals surface area contributed by atoms with Crippen molar-refractivity contribution in [2.24, 2.45) is 17.3 Å². The van der Waals surface area contributed by atoms with E-state index in [-0.39, 0.29) is 17.3 Å². The third-order valence-corrected chi connectivity index (χ3v) is 7.96. The summed E-state index contributed by atoms with van der Waals surface area (Å²) in [4.78, 5) is 15.5. The van der Waals surface area contributed by atoms with Gasteiger partial charge in [0.1, 0.15) is 12.4 Å². The lowest BCUT2D eigenvalue weighted by Gasteiger charge is -2.47. The third-order valence-electron chi connectivity index (χ3n) is 7.96. The molecule has 1 spiro atoms. The van der Waals surface area contributed by atoms with Gasteiger partial charge in [-0.15, -0.1) is 0 Å². The average molecular weight is 462 g/mol. The predicted octanol–water partition coefficient (Wildman–Crippen LogP) is 6.84. The van der Waals surface area contributed by atoms with Crippen molar-refractivity contribution in [1.82, 2.24) is 0 Å². The third kappa shape index (κ3) is 3.81. The first-order valence-corrected chi connectivity index (χ1v) is 12.5. The van der Waals surface area contributed by atoms with Crippen LogP contribution in [0.3, 0.4) is 0 Å². The van der Waals surface area contributed by atoms with Crippen molar-refractivity contribution >= 4 is 17.7 Å². The fraction of sp³-hybridized carbons (Fsp3) is 0.500. The molecule has 0 N–H and O–H groups in total. The Labute approximate surface area is 205 Å². The average Bonchev–Trinajstić information content (AvgIpc) is 2.97. The summed E-state index contributed by atoms with van der Waals surface area (Å²) in [6.45, 7) is 15.9. The lowest BCUT2D eigenvalue weighted by molar-refractivity contribution is -0.158. The number of nitrogens with zero attached hydrogens (tertiary/aromatic N) is 1. The Morgan fingerprint density at radius 3 is 2.44 bits per heavy atom. The highest BCUT2D eigenvalue weighted by molar-refractivity contribution is 5.77. The molecule has 4 rings (SSSR count). The molecule has 0 bridgehead atoms. The van der Waals surface area contributed by atoms with Crippen LogP contribution in [-0.2, 0) is 14.9 Å². The fourth-order valence-electron chi connectivity index (χ4n) is 5.63. The second-order valence-electron chi connectivity index (χ2n) is 11.3. The zero-order valence-corrected chi connectivity index (χ0v) is 21.7. The van der Waals surface area contributed by atoms with Crippen LogP contribution in [-0.4, -0.2) is 24.8 Å². The molecule has 4 heteroatoms. The molecule has 2 atom stereocenters. The Morgan fingerprint density at radius 2 is 1.74 bits per heavy atom. The summed E-state index contributed by atoms with van der Waals surface area (Å²) in [7, 11) is 0. The van der Waals surface area contributed by atoms with E-state index < -0.39 is 11.1 Å². The quantitative estimate of drug-likeness (QED) is 0.423. The van der Waals surface area contributed by atoms with Gasteiger partial charge in [0.05, 0.1) is 17.4 Å². The predicted molar refractivity (Wildman–Crippen MR) is 139 cm³/mol. The molecular formula is C30H39NO3. The Kier molecular flexibility index (Phi) is 6.30. The molecule has 0 radical (unpaired) electrons. The van der Waals surface area contributed by atoms with Gasteiger partial charge in [-0.05, 0) is 68.9 Å². The number of para-hydroxylation sites is 2. The molecular weight excluding hydrogens is 422 g/mol. The Balaban J connectivity index is 1.62. The number of rotatable bonds is 7. The molecule has 34 heavy (non-hydrogen) atoms. The van der Waals surface area contributed by atoms with Crippen LogP contribution < -0.4 is 9.64 Å². The van der Waals surface area contributed by atoms with E-state index in [1.165, 1.54) is 5.56 Å². The Hall–Kier alpha value is -2.75. The summed E-state index contributed by atoms with van der Waals surface area (Å²) < 4.78 is 12.8. The van der Waals surface area contributed by atoms with Crippen LogP contribution in [0.15, 0.2) is 54.6 Å². The van der Waals surface area contributed by atoms with E-state index in [1.807, 2.05) is 25.1 Å². The van der Waals surface area contributed by atoms with Gasteiger partial charge >= 0.3 is 5.97 Å². The molecule has 182 valence electrons. The summed E-state index contributed by atoms with van der Waals surface area (Å²) in [5.41, 5.74) is 1.94. The first-order valence-electron chi connectivity index (χ1n) is 12.5. The molecule has 4 nitrogen and oxygen atoms in total. The number of anilines is 1. The molecule has 0 fully saturated rings. The number of carbonyl (C=O) groups excluding carboxylic acids is 1. The second-order valence-corrected chi connectivity index (χ2v) is 11.3. The van der Waals surface area contributed by atoms with Gasteiger partial charge in [0.25, 0.3) is 0 Å². The van der Waals surface area contributed by atoms with Crippen LogP contribution in [0, 0.1) is 17.3 Å². The van der Waals surface area contributed by atoms with Crippen LogP contribution in [0.1, 0.15) is 66.0 Å². The molecule has 2 heterocycles. The molecule has 2 aromatic rings. The Morgan fingerprint density at radius 1 is 1.06 bits per heavy atom. The van der Waals surface area contributed by atoms with E-state index in [9.17, 15) is 4.79 Å². The summed E-state index contributed by atoms with van der Waals surface area (Å²) in [5, 5.41) is 0. The SMILES string of the molecule is CC(C)CC(C)(C(=O)OCCN1c2ccccc2C(C)(C)[C@]12C=Cc1ccccc1O2)C(C)C. The van der Waals surface area contributed by atoms with Gasteiger partial charge in [0, 0.05) is 11.3 Å². The van der Waals surface area contributed by atoms with Gasteiger partial charge < -0.3 is 14.4 Å². The minimum absolute atomic E-state index is 0.109. The number of ether oxygens (including phenoxy) is 2. The van der Waals surface area contributed by atoms with Crippen molar-refractivity contribution in [2.45, 2.75) is 66.0 Å². The van der Waals surface area contributed by atoms with Crippen molar-refractivity contribution < 1.29 is 14.3 Å². The van der Waals surface area contributed by atoms with Gasteiger partial charge in [-0.2, -0.15) is 0 Å². The van der Waals surface area contributed by atoms with Crippen molar-refractivity contribution in [1.29, 1.82) is 0 Å². The zero-order chi connectivity index (χ0) is 24.7. The van der Waals surface area contributed by atoms with Crippen molar-refractivity contribution in [3.63, 3.8) is 0 Å². The van der Waals surface area contributed by atoms with Gasteiger partial charge in [-0.25, -0.2) is 0 Å². The van der Waals surface area contributed by atoms with E-state index in [2.05, 4.69) is 88.9 Å². The number of hydrogen-bond acceptors (Lipinski definition) is 4. The number of benzene rings is 2. The van der Waals surface area contributed by atoms with Crippen LogP contribution in [0.25, 0.3) is 6.08 Å². The van der Waals surface area contributed by atoms with Gasteiger partial charge in [-0.3, -0.25) is 4.79 Å². The van der Waals surface area contributed by atoms with E-state index >= 15 is 0 Å². The Bertz CT molecular complexity index is 1090. The van der Waals surface area contributed by atoms with Gasteiger partial charge in [0.15, 0.2) is 0 Å². The summed E-state index contributed by atoms with van der Waals surface area (Å²) in [6.07, 6.45) is 5.15. The molecule has 0 aliphatic carbocycles. The van der Waals surface area contributed by atoms with Crippen LogP contribution in [0.5, 0.6) is 5.75 Å². The van der Waals surface area contributed by atoms with Gasteiger partial charge in [-0.1, -0.05) is 64.1 Å². The fourth-order valence-corrected chi connectivity index (χ4v) is 5.63. The van der Waals surface area contributed by atoms with Crippen LogP contribution in [0.2, 0.25) is 0 Å². The maximum Gasteiger partial charge on any atom is 0.312 e. The number of fused-ring (bicyclic) bond motifs is 2. The molecule has 2 aliphatic heterocycles. The molecule has 0 amide bonds. The highest BCUT2D eigenvalue weighted by atomic mass is 16.5. The number of esters is 1. The highest BCUT2D eigenvalue weighted by Gasteiger charge is 2.58. The standard InChI is InChI=1S/C30H39NO3/c1-21(2)20-29(7,22(3)4)27(32)33-19-18-31-25-14-10-9-13-24(25)28(5,6)30(31)17-16-23-12-8-11-15-26(23)34-30/h8-17,21-22H,18-20H2,1-7H3/t29?,30-/m1/s1. The molecule has 0 saturated carbocycles. The first-order chi connectivity index (χ1) is 16.0. The largest absolute Gasteiger partial charge is 0.463 e. The van der Waals surface area contributed by atoms with Crippen molar-refractivity contribution in [3.8, 4) is 5.75 Å². The second kappa shape index (κ2) is 8.79. The molecule has 0 saturated heterocycles.